The molecule has 132 valence electrons. The fraction of sp³-hybridized carbons (Fsp3) is 0.0500. The van der Waals surface area contributed by atoms with Crippen LogP contribution in [-0.4, -0.2) is 5.78 Å². The zero-order valence-electron chi connectivity index (χ0n) is 13.4. The first-order valence-corrected chi connectivity index (χ1v) is 8.83. The molecular formula is C20H13BrClFO3. The molecular weight excluding hydrogens is 423 g/mol. The highest BCUT2D eigenvalue weighted by Gasteiger charge is 2.06. The number of furan rings is 1. The summed E-state index contributed by atoms with van der Waals surface area (Å²) in [5, 5.41) is 0.496. The van der Waals surface area contributed by atoms with Crippen molar-refractivity contribution in [3.8, 4) is 5.75 Å². The Morgan fingerprint density at radius 1 is 1.15 bits per heavy atom. The molecule has 0 aliphatic rings. The molecule has 1 heterocycles. The van der Waals surface area contributed by atoms with Gasteiger partial charge in [0, 0.05) is 10.0 Å². The van der Waals surface area contributed by atoms with E-state index in [1.807, 2.05) is 6.07 Å². The van der Waals surface area contributed by atoms with Crippen LogP contribution in [-0.2, 0) is 6.61 Å². The molecule has 0 N–H and O–H groups in total. The van der Waals surface area contributed by atoms with Gasteiger partial charge in [-0.05, 0) is 66.7 Å². The van der Waals surface area contributed by atoms with Crippen molar-refractivity contribution in [3.05, 3.63) is 93.1 Å². The topological polar surface area (TPSA) is 39.4 Å². The van der Waals surface area contributed by atoms with Crippen molar-refractivity contribution in [2.24, 2.45) is 0 Å². The number of ketones is 1. The molecule has 0 saturated carbocycles. The normalized spacial score (nSPS) is 11.0. The molecule has 0 saturated heterocycles. The van der Waals surface area contributed by atoms with E-state index in [9.17, 15) is 9.18 Å². The van der Waals surface area contributed by atoms with Gasteiger partial charge >= 0.3 is 0 Å². The van der Waals surface area contributed by atoms with E-state index < -0.39 is 0 Å². The molecule has 0 bridgehead atoms. The lowest BCUT2D eigenvalue weighted by molar-refractivity contribution is 0.104. The van der Waals surface area contributed by atoms with Gasteiger partial charge in [0.15, 0.2) is 5.78 Å². The predicted octanol–water partition coefficient (Wildman–Crippen LogP) is 6.31. The Kier molecular flexibility index (Phi) is 5.91. The Hall–Kier alpha value is -2.37. The maximum atomic E-state index is 12.9. The number of hydrogen-bond donors (Lipinski definition) is 0. The van der Waals surface area contributed by atoms with Crippen LogP contribution in [0.1, 0.15) is 21.9 Å². The number of allylic oxidation sites excluding steroid dienone is 1. The fourth-order valence-electron chi connectivity index (χ4n) is 2.17. The lowest BCUT2D eigenvalue weighted by Gasteiger charge is -2.06. The average Bonchev–Trinajstić information content (AvgIpc) is 3.07. The largest absolute Gasteiger partial charge is 0.484 e. The van der Waals surface area contributed by atoms with Crippen LogP contribution in [0.5, 0.6) is 5.75 Å². The Bertz CT molecular complexity index is 948. The Morgan fingerprint density at radius 3 is 2.65 bits per heavy atom. The van der Waals surface area contributed by atoms with Crippen molar-refractivity contribution in [2.75, 3.05) is 0 Å². The molecule has 0 aliphatic carbocycles. The predicted molar refractivity (Wildman–Crippen MR) is 102 cm³/mol. The third-order valence-electron chi connectivity index (χ3n) is 3.47. The number of halogens is 3. The first-order valence-electron chi connectivity index (χ1n) is 7.66. The first kappa shape index (κ1) is 18.4. The van der Waals surface area contributed by atoms with Gasteiger partial charge in [-0.3, -0.25) is 4.79 Å². The van der Waals surface area contributed by atoms with Crippen LogP contribution in [0.3, 0.4) is 0 Å². The Morgan fingerprint density at radius 2 is 1.92 bits per heavy atom. The third-order valence-corrected chi connectivity index (χ3v) is 4.26. The first-order chi connectivity index (χ1) is 12.5. The molecule has 0 aliphatic heterocycles. The minimum atomic E-state index is -0.382. The number of benzene rings is 2. The van der Waals surface area contributed by atoms with Crippen molar-refractivity contribution < 1.29 is 18.3 Å². The number of rotatable bonds is 6. The average molecular weight is 436 g/mol. The fourth-order valence-corrected chi connectivity index (χ4v) is 2.90. The van der Waals surface area contributed by atoms with Crippen LogP contribution in [0.25, 0.3) is 6.08 Å². The summed E-state index contributed by atoms with van der Waals surface area (Å²) >= 11 is 9.43. The summed E-state index contributed by atoms with van der Waals surface area (Å²) in [7, 11) is 0. The van der Waals surface area contributed by atoms with Crippen molar-refractivity contribution in [1.29, 1.82) is 0 Å². The molecule has 1 aromatic heterocycles. The van der Waals surface area contributed by atoms with E-state index in [1.54, 1.807) is 30.3 Å². The van der Waals surface area contributed by atoms with Crippen molar-refractivity contribution in [2.45, 2.75) is 6.61 Å². The summed E-state index contributed by atoms with van der Waals surface area (Å²) in [5.41, 5.74) is 0.405. The van der Waals surface area contributed by atoms with Crippen LogP contribution in [0.4, 0.5) is 4.39 Å². The lowest BCUT2D eigenvalue weighted by Crippen LogP contribution is -1.94. The van der Waals surface area contributed by atoms with Gasteiger partial charge in [-0.1, -0.05) is 27.5 Å². The third kappa shape index (κ3) is 4.84. The molecule has 26 heavy (non-hydrogen) atoms. The highest BCUT2D eigenvalue weighted by atomic mass is 79.9. The van der Waals surface area contributed by atoms with E-state index in [2.05, 4.69) is 15.9 Å². The summed E-state index contributed by atoms with van der Waals surface area (Å²) in [6, 6.07) is 14.2. The van der Waals surface area contributed by atoms with Crippen molar-refractivity contribution in [1.82, 2.24) is 0 Å². The summed E-state index contributed by atoms with van der Waals surface area (Å²) in [4.78, 5) is 12.0. The van der Waals surface area contributed by atoms with Crippen LogP contribution >= 0.6 is 27.5 Å². The van der Waals surface area contributed by atoms with E-state index >= 15 is 0 Å². The van der Waals surface area contributed by atoms with Gasteiger partial charge in [-0.15, -0.1) is 0 Å². The Balaban J connectivity index is 1.60. The second kappa shape index (κ2) is 8.34. The molecule has 0 unspecified atom stereocenters. The van der Waals surface area contributed by atoms with E-state index in [4.69, 9.17) is 20.8 Å². The van der Waals surface area contributed by atoms with Crippen LogP contribution in [0, 0.1) is 5.82 Å². The molecule has 3 aromatic rings. The van der Waals surface area contributed by atoms with Crippen LogP contribution in [0.15, 0.2) is 69.6 Å². The zero-order valence-corrected chi connectivity index (χ0v) is 15.8. The molecule has 2 aromatic carbocycles. The minimum absolute atomic E-state index is 0.209. The maximum absolute atomic E-state index is 12.9. The molecule has 3 nitrogen and oxygen atoms in total. The smallest absolute Gasteiger partial charge is 0.185 e. The highest BCUT2D eigenvalue weighted by molar-refractivity contribution is 9.10. The number of ether oxygens (including phenoxy) is 1. The van der Waals surface area contributed by atoms with Crippen molar-refractivity contribution >= 4 is 39.4 Å². The maximum Gasteiger partial charge on any atom is 0.185 e. The second-order valence-corrected chi connectivity index (χ2v) is 6.69. The molecule has 0 fully saturated rings. The second-order valence-electron chi connectivity index (χ2n) is 5.37. The molecule has 0 amide bonds. The van der Waals surface area contributed by atoms with Gasteiger partial charge in [-0.25, -0.2) is 4.39 Å². The SMILES string of the molecule is O=C(/C=C/c1ccc(COc2ccc(Br)cc2Cl)o1)c1ccc(F)cc1. The van der Waals surface area contributed by atoms with Gasteiger partial charge in [-0.2, -0.15) is 0 Å². The minimum Gasteiger partial charge on any atom is -0.484 e. The summed E-state index contributed by atoms with van der Waals surface area (Å²) in [5.74, 6) is 1.04. The van der Waals surface area contributed by atoms with Gasteiger partial charge in [0.25, 0.3) is 0 Å². The summed E-state index contributed by atoms with van der Waals surface area (Å²) < 4.78 is 25.0. The van der Waals surface area contributed by atoms with Crippen LogP contribution in [0.2, 0.25) is 5.02 Å². The van der Waals surface area contributed by atoms with Gasteiger partial charge < -0.3 is 9.15 Å². The quantitative estimate of drug-likeness (QED) is 0.336. The standard InChI is InChI=1S/C20H13BrClFO3/c21-14-3-10-20(18(22)11-14)25-12-17-7-6-16(26-17)8-9-19(24)13-1-4-15(23)5-2-13/h1-11H,12H2/b9-8+. The number of hydrogen-bond acceptors (Lipinski definition) is 3. The van der Waals surface area contributed by atoms with E-state index in [0.717, 1.165) is 4.47 Å². The molecule has 0 radical (unpaired) electrons. The van der Waals surface area contributed by atoms with E-state index in [-0.39, 0.29) is 18.2 Å². The monoisotopic (exact) mass is 434 g/mol. The highest BCUT2D eigenvalue weighted by Crippen LogP contribution is 2.28. The van der Waals surface area contributed by atoms with E-state index in [0.29, 0.717) is 27.9 Å². The van der Waals surface area contributed by atoms with Crippen molar-refractivity contribution in [3.63, 3.8) is 0 Å². The van der Waals surface area contributed by atoms with Gasteiger partial charge in [0.1, 0.15) is 29.7 Å². The zero-order chi connectivity index (χ0) is 18.5. The number of carbonyl (C=O) groups is 1. The Labute approximate surface area is 163 Å². The van der Waals surface area contributed by atoms with Gasteiger partial charge in [0.05, 0.1) is 5.02 Å². The van der Waals surface area contributed by atoms with Crippen LogP contribution < -0.4 is 4.74 Å². The van der Waals surface area contributed by atoms with E-state index in [1.165, 1.54) is 30.3 Å². The molecule has 0 atom stereocenters. The lowest BCUT2D eigenvalue weighted by atomic mass is 10.1. The van der Waals surface area contributed by atoms with Gasteiger partial charge in [0.2, 0.25) is 0 Å². The summed E-state index contributed by atoms with van der Waals surface area (Å²) in [6.07, 6.45) is 2.93. The number of carbonyl (C=O) groups excluding carboxylic acids is 1. The summed E-state index contributed by atoms with van der Waals surface area (Å²) in [6.45, 7) is 0.209. The molecule has 0 spiro atoms. The molecule has 6 heteroatoms. The molecule has 3 rings (SSSR count).